The molecular weight excluding hydrogens is 335 g/mol. The van der Waals surface area contributed by atoms with Crippen molar-refractivity contribution in [2.24, 2.45) is 0 Å². The van der Waals surface area contributed by atoms with E-state index in [2.05, 4.69) is 32.1 Å². The number of rotatable bonds is 4. The Labute approximate surface area is 152 Å². The number of piperazine rings is 1. The first kappa shape index (κ1) is 18.1. The Morgan fingerprint density at radius 2 is 1.92 bits per heavy atom. The molecule has 2 heterocycles. The summed E-state index contributed by atoms with van der Waals surface area (Å²) in [5.74, 6) is -0.703. The molecule has 0 spiro atoms. The molecule has 1 saturated heterocycles. The maximum absolute atomic E-state index is 13.9. The summed E-state index contributed by atoms with van der Waals surface area (Å²) in [5.41, 5.74) is 7.44. The number of likely N-dealkylation sites (N-methyl/N-ethyl adjacent to an activating group) is 1. The monoisotopic (exact) mass is 358 g/mol. The predicted octanol–water partition coefficient (Wildman–Crippen LogP) is 1.44. The number of carbonyl (C=O) groups is 1. The lowest BCUT2D eigenvalue weighted by Gasteiger charge is -2.36. The summed E-state index contributed by atoms with van der Waals surface area (Å²) in [6.07, 6.45) is 2.83. The minimum Gasteiger partial charge on any atom is -0.382 e. The molecule has 1 aliphatic heterocycles. The number of nitrogens with one attached hydrogen (secondary N) is 1. The molecule has 3 N–H and O–H groups in total. The standard InChI is InChI=1S/C18H23FN6O/c1-12(23-18(26)16-17(20)22-6-5-21-16)14-11-13(19)3-4-15(14)25-9-7-24(2)8-10-25/h3-6,11-12H,7-10H2,1-2H3,(H2,20,22)(H,23,26)/t12-/m1/s1. The lowest BCUT2D eigenvalue weighted by atomic mass is 10.0. The first-order valence-corrected chi connectivity index (χ1v) is 8.56. The van der Waals surface area contributed by atoms with Gasteiger partial charge >= 0.3 is 0 Å². The number of hydrogen-bond acceptors (Lipinski definition) is 6. The van der Waals surface area contributed by atoms with Gasteiger partial charge in [-0.2, -0.15) is 0 Å². The van der Waals surface area contributed by atoms with E-state index in [4.69, 9.17) is 5.73 Å². The number of nitrogens with two attached hydrogens (primary N) is 1. The SMILES string of the molecule is C[C@@H](NC(=O)c1nccnc1N)c1cc(F)ccc1N1CCN(C)CC1. The van der Waals surface area contributed by atoms with Gasteiger partial charge in [0.2, 0.25) is 0 Å². The second-order valence-corrected chi connectivity index (χ2v) is 6.48. The molecule has 7 nitrogen and oxygen atoms in total. The van der Waals surface area contributed by atoms with Crippen molar-refractivity contribution in [3.05, 3.63) is 47.7 Å². The minimum absolute atomic E-state index is 0.0655. The van der Waals surface area contributed by atoms with Gasteiger partial charge < -0.3 is 20.9 Å². The predicted molar refractivity (Wildman–Crippen MR) is 98.4 cm³/mol. The largest absolute Gasteiger partial charge is 0.382 e. The zero-order valence-corrected chi connectivity index (χ0v) is 14.9. The van der Waals surface area contributed by atoms with Gasteiger partial charge in [0.25, 0.3) is 5.91 Å². The maximum Gasteiger partial charge on any atom is 0.274 e. The van der Waals surface area contributed by atoms with Crippen LogP contribution in [0, 0.1) is 5.82 Å². The summed E-state index contributed by atoms with van der Waals surface area (Å²) in [4.78, 5) is 24.8. The van der Waals surface area contributed by atoms with Crippen molar-refractivity contribution in [2.75, 3.05) is 43.9 Å². The number of carbonyl (C=O) groups excluding carboxylic acids is 1. The summed E-state index contributed by atoms with van der Waals surface area (Å²) in [5, 5.41) is 2.84. The fourth-order valence-corrected chi connectivity index (χ4v) is 3.07. The van der Waals surface area contributed by atoms with Crippen molar-refractivity contribution in [2.45, 2.75) is 13.0 Å². The van der Waals surface area contributed by atoms with Gasteiger partial charge in [-0.25, -0.2) is 14.4 Å². The van der Waals surface area contributed by atoms with E-state index in [9.17, 15) is 9.18 Å². The molecular formula is C18H23FN6O. The van der Waals surface area contributed by atoms with Crippen LogP contribution in [0.4, 0.5) is 15.9 Å². The third kappa shape index (κ3) is 3.91. The Hall–Kier alpha value is -2.74. The molecule has 1 atom stereocenters. The summed E-state index contributed by atoms with van der Waals surface area (Å²) in [6.45, 7) is 5.40. The van der Waals surface area contributed by atoms with E-state index in [-0.39, 0.29) is 17.3 Å². The van der Waals surface area contributed by atoms with Gasteiger partial charge in [0, 0.05) is 49.8 Å². The van der Waals surface area contributed by atoms with E-state index in [0.717, 1.165) is 37.4 Å². The molecule has 3 rings (SSSR count). The number of amides is 1. The van der Waals surface area contributed by atoms with Crippen LogP contribution in [0.1, 0.15) is 29.0 Å². The van der Waals surface area contributed by atoms with Gasteiger partial charge in [-0.3, -0.25) is 4.79 Å². The Bertz CT molecular complexity index is 791. The summed E-state index contributed by atoms with van der Waals surface area (Å²) < 4.78 is 13.9. The van der Waals surface area contributed by atoms with E-state index < -0.39 is 11.9 Å². The lowest BCUT2D eigenvalue weighted by Crippen LogP contribution is -2.45. The molecule has 2 aromatic rings. The van der Waals surface area contributed by atoms with Crippen LogP contribution in [-0.4, -0.2) is 54.0 Å². The topological polar surface area (TPSA) is 87.4 Å². The van der Waals surface area contributed by atoms with Crippen LogP contribution in [0.25, 0.3) is 0 Å². The van der Waals surface area contributed by atoms with Crippen molar-refractivity contribution in [3.63, 3.8) is 0 Å². The van der Waals surface area contributed by atoms with Crippen LogP contribution in [0.15, 0.2) is 30.6 Å². The van der Waals surface area contributed by atoms with E-state index in [1.807, 2.05) is 6.92 Å². The van der Waals surface area contributed by atoms with Crippen molar-refractivity contribution in [1.82, 2.24) is 20.2 Å². The molecule has 0 radical (unpaired) electrons. The van der Waals surface area contributed by atoms with Gasteiger partial charge in [-0.1, -0.05) is 0 Å². The number of anilines is 2. The van der Waals surface area contributed by atoms with Crippen LogP contribution < -0.4 is 16.0 Å². The zero-order valence-electron chi connectivity index (χ0n) is 14.9. The molecule has 1 aromatic carbocycles. The summed E-state index contributed by atoms with van der Waals surface area (Å²) >= 11 is 0. The number of halogens is 1. The molecule has 1 aliphatic rings. The van der Waals surface area contributed by atoms with Crippen molar-refractivity contribution >= 4 is 17.4 Å². The molecule has 0 saturated carbocycles. The first-order chi connectivity index (χ1) is 12.5. The van der Waals surface area contributed by atoms with Gasteiger partial charge in [0.05, 0.1) is 6.04 Å². The Morgan fingerprint density at radius 1 is 1.23 bits per heavy atom. The van der Waals surface area contributed by atoms with Crippen LogP contribution in [0.3, 0.4) is 0 Å². The molecule has 1 amide bonds. The molecule has 0 unspecified atom stereocenters. The fraction of sp³-hybridized carbons (Fsp3) is 0.389. The summed E-state index contributed by atoms with van der Waals surface area (Å²) in [6, 6.07) is 4.29. The second-order valence-electron chi connectivity index (χ2n) is 6.48. The molecule has 8 heteroatoms. The normalized spacial score (nSPS) is 16.3. The first-order valence-electron chi connectivity index (χ1n) is 8.56. The molecule has 26 heavy (non-hydrogen) atoms. The van der Waals surface area contributed by atoms with E-state index in [0.29, 0.717) is 0 Å². The smallest absolute Gasteiger partial charge is 0.274 e. The van der Waals surface area contributed by atoms with E-state index in [1.165, 1.54) is 24.5 Å². The van der Waals surface area contributed by atoms with Crippen LogP contribution in [-0.2, 0) is 0 Å². The highest BCUT2D eigenvalue weighted by molar-refractivity contribution is 5.96. The quantitative estimate of drug-likeness (QED) is 0.860. The van der Waals surface area contributed by atoms with Gasteiger partial charge in [0.1, 0.15) is 5.82 Å². The average molecular weight is 358 g/mol. The zero-order chi connectivity index (χ0) is 18.7. The van der Waals surface area contributed by atoms with Crippen LogP contribution in [0.2, 0.25) is 0 Å². The van der Waals surface area contributed by atoms with Crippen molar-refractivity contribution in [3.8, 4) is 0 Å². The number of aromatic nitrogens is 2. The maximum atomic E-state index is 13.9. The highest BCUT2D eigenvalue weighted by Crippen LogP contribution is 2.28. The number of hydrogen-bond donors (Lipinski definition) is 2. The fourth-order valence-electron chi connectivity index (χ4n) is 3.07. The number of nitrogens with zero attached hydrogens (tertiary/aromatic N) is 4. The van der Waals surface area contributed by atoms with Gasteiger partial charge in [-0.15, -0.1) is 0 Å². The van der Waals surface area contributed by atoms with Crippen LogP contribution in [0.5, 0.6) is 0 Å². The van der Waals surface area contributed by atoms with Gasteiger partial charge in [0.15, 0.2) is 11.5 Å². The molecule has 0 aliphatic carbocycles. The third-order valence-corrected chi connectivity index (χ3v) is 4.59. The second kappa shape index (κ2) is 7.65. The van der Waals surface area contributed by atoms with E-state index >= 15 is 0 Å². The molecule has 1 fully saturated rings. The number of benzene rings is 1. The highest BCUT2D eigenvalue weighted by atomic mass is 19.1. The average Bonchev–Trinajstić information content (AvgIpc) is 2.62. The van der Waals surface area contributed by atoms with Crippen LogP contribution >= 0.6 is 0 Å². The Balaban J connectivity index is 1.82. The molecule has 1 aromatic heterocycles. The van der Waals surface area contributed by atoms with E-state index in [1.54, 1.807) is 6.07 Å². The van der Waals surface area contributed by atoms with Crippen molar-refractivity contribution in [1.29, 1.82) is 0 Å². The Morgan fingerprint density at radius 3 is 2.62 bits per heavy atom. The van der Waals surface area contributed by atoms with Crippen molar-refractivity contribution < 1.29 is 9.18 Å². The molecule has 0 bridgehead atoms. The Kier molecular flexibility index (Phi) is 5.32. The molecule has 138 valence electrons. The minimum atomic E-state index is -0.434. The van der Waals surface area contributed by atoms with Gasteiger partial charge in [-0.05, 0) is 32.2 Å². The lowest BCUT2D eigenvalue weighted by molar-refractivity contribution is 0.0935. The summed E-state index contributed by atoms with van der Waals surface area (Å²) in [7, 11) is 2.08. The highest BCUT2D eigenvalue weighted by Gasteiger charge is 2.22. The number of nitrogen functional groups attached to an aromatic ring is 1. The third-order valence-electron chi connectivity index (χ3n) is 4.59.